The van der Waals surface area contributed by atoms with Crippen LogP contribution < -0.4 is 0 Å². The highest BCUT2D eigenvalue weighted by Gasteiger charge is 2.58. The van der Waals surface area contributed by atoms with Gasteiger partial charge in [0, 0.05) is 0 Å². The number of rotatable bonds is 0. The van der Waals surface area contributed by atoms with E-state index < -0.39 is 0 Å². The van der Waals surface area contributed by atoms with E-state index >= 15 is 0 Å². The fourth-order valence-corrected chi connectivity index (χ4v) is 7.97. The maximum Gasteiger partial charge on any atom is -0.0292 e. The fraction of sp³-hybridized carbons (Fsp3) is 1.00. The average Bonchev–Trinajstić information content (AvgIpc) is 3.21. The normalized spacial score (nSPS) is 62.0. The van der Waals surface area contributed by atoms with Crippen molar-refractivity contribution in [2.75, 3.05) is 0 Å². The molecule has 0 saturated heterocycles. The molecule has 5 saturated carbocycles. The quantitative estimate of drug-likeness (QED) is 0.519. The van der Waals surface area contributed by atoms with Crippen LogP contribution >= 0.6 is 0 Å². The Morgan fingerprint density at radius 2 is 1.57 bits per heavy atom. The predicted molar refractivity (Wildman–Crippen MR) is 87.9 cm³/mol. The molecule has 5 rings (SSSR count). The molecule has 9 atom stereocenters. The highest BCUT2D eigenvalue weighted by atomic mass is 14.6. The minimum absolute atomic E-state index is 0.758. The third-order valence-corrected chi connectivity index (χ3v) is 9.09. The molecule has 118 valence electrons. The molecule has 5 fully saturated rings. The van der Waals surface area contributed by atoms with Crippen LogP contribution in [-0.2, 0) is 0 Å². The molecule has 21 heavy (non-hydrogen) atoms. The zero-order valence-electron chi connectivity index (χ0n) is 14.2. The first-order valence-electron chi connectivity index (χ1n) is 10.1. The van der Waals surface area contributed by atoms with Crippen molar-refractivity contribution in [3.63, 3.8) is 0 Å². The van der Waals surface area contributed by atoms with E-state index in [1.54, 1.807) is 57.8 Å². The summed E-state index contributed by atoms with van der Waals surface area (Å²) in [6.07, 6.45) is 15.9. The van der Waals surface area contributed by atoms with E-state index in [1.165, 1.54) is 12.3 Å². The van der Waals surface area contributed by atoms with Gasteiger partial charge in [-0.05, 0) is 111 Å². The van der Waals surface area contributed by atoms with Crippen LogP contribution in [0.15, 0.2) is 0 Å². The Kier molecular flexibility index (Phi) is 2.89. The van der Waals surface area contributed by atoms with Crippen molar-refractivity contribution < 1.29 is 0 Å². The second-order valence-electron chi connectivity index (χ2n) is 10.2. The van der Waals surface area contributed by atoms with Crippen molar-refractivity contribution in [2.45, 2.75) is 78.1 Å². The largest absolute Gasteiger partial charge is 0.0625 e. The number of hydrogen-bond acceptors (Lipinski definition) is 0. The van der Waals surface area contributed by atoms with Gasteiger partial charge in [-0.2, -0.15) is 0 Å². The minimum Gasteiger partial charge on any atom is -0.0625 e. The lowest BCUT2D eigenvalue weighted by atomic mass is 9.47. The summed E-state index contributed by atoms with van der Waals surface area (Å²) < 4.78 is 0. The standard InChI is InChI=1S/C21H34/c1-13-3-5-17-14(9-13)4-6-19-18(17)7-8-21(2)12-16-10-15(16)11-20(19)21/h13-20H,3-12H2,1-2H3. The van der Waals surface area contributed by atoms with Crippen molar-refractivity contribution in [3.05, 3.63) is 0 Å². The summed E-state index contributed by atoms with van der Waals surface area (Å²) in [5, 5.41) is 0. The molecule has 0 nitrogen and oxygen atoms in total. The summed E-state index contributed by atoms with van der Waals surface area (Å²) in [6, 6.07) is 0. The highest BCUT2D eigenvalue weighted by Crippen LogP contribution is 2.67. The average molecular weight is 287 g/mol. The van der Waals surface area contributed by atoms with Crippen LogP contribution in [0, 0.1) is 52.8 Å². The summed E-state index contributed by atoms with van der Waals surface area (Å²) in [7, 11) is 0. The molecular weight excluding hydrogens is 252 g/mol. The molecule has 0 spiro atoms. The van der Waals surface area contributed by atoms with Gasteiger partial charge in [0.15, 0.2) is 0 Å². The third-order valence-electron chi connectivity index (χ3n) is 9.09. The minimum atomic E-state index is 0.758. The van der Waals surface area contributed by atoms with Gasteiger partial charge < -0.3 is 0 Å². The SMILES string of the molecule is CC1CCC2C(CCC3C2CCC2(C)CC4CC4CC32)C1. The topological polar surface area (TPSA) is 0 Å². The van der Waals surface area contributed by atoms with Crippen LogP contribution in [0.4, 0.5) is 0 Å². The molecule has 0 aromatic carbocycles. The Hall–Kier alpha value is 0. The first-order chi connectivity index (χ1) is 10.1. The zero-order valence-corrected chi connectivity index (χ0v) is 14.2. The molecule has 9 unspecified atom stereocenters. The van der Waals surface area contributed by atoms with E-state index in [-0.39, 0.29) is 0 Å². The van der Waals surface area contributed by atoms with Crippen LogP contribution in [0.2, 0.25) is 0 Å². The van der Waals surface area contributed by atoms with E-state index in [0.717, 1.165) is 46.8 Å². The Balaban J connectivity index is 1.40. The van der Waals surface area contributed by atoms with Gasteiger partial charge in [0.25, 0.3) is 0 Å². The van der Waals surface area contributed by atoms with E-state index in [4.69, 9.17) is 0 Å². The van der Waals surface area contributed by atoms with E-state index in [0.29, 0.717) is 0 Å². The van der Waals surface area contributed by atoms with Gasteiger partial charge in [-0.3, -0.25) is 0 Å². The lowest BCUT2D eigenvalue weighted by Crippen LogP contribution is -2.50. The molecule has 0 aromatic heterocycles. The first-order valence-corrected chi connectivity index (χ1v) is 10.1. The second kappa shape index (κ2) is 4.51. The number of fused-ring (bicyclic) bond motifs is 6. The van der Waals surface area contributed by atoms with E-state index in [2.05, 4.69) is 13.8 Å². The lowest BCUT2D eigenvalue weighted by molar-refractivity contribution is -0.0868. The highest BCUT2D eigenvalue weighted by molar-refractivity contribution is 5.08. The molecule has 5 aliphatic rings. The molecule has 0 radical (unpaired) electrons. The summed E-state index contributed by atoms with van der Waals surface area (Å²) in [6.45, 7) is 5.20. The van der Waals surface area contributed by atoms with Gasteiger partial charge in [-0.1, -0.05) is 20.3 Å². The maximum absolute atomic E-state index is 2.69. The van der Waals surface area contributed by atoms with Crippen molar-refractivity contribution in [1.82, 2.24) is 0 Å². The van der Waals surface area contributed by atoms with Crippen molar-refractivity contribution in [3.8, 4) is 0 Å². The lowest BCUT2D eigenvalue weighted by Gasteiger charge is -2.58. The van der Waals surface area contributed by atoms with Gasteiger partial charge in [0.2, 0.25) is 0 Å². The van der Waals surface area contributed by atoms with Crippen molar-refractivity contribution >= 4 is 0 Å². The van der Waals surface area contributed by atoms with Gasteiger partial charge >= 0.3 is 0 Å². The molecule has 0 aliphatic heterocycles. The zero-order chi connectivity index (χ0) is 14.2. The summed E-state index contributed by atoms with van der Waals surface area (Å²) in [5.41, 5.74) is 0.758. The molecule has 0 amide bonds. The van der Waals surface area contributed by atoms with Crippen molar-refractivity contribution in [2.24, 2.45) is 52.8 Å². The van der Waals surface area contributed by atoms with E-state index in [9.17, 15) is 0 Å². The molecular formula is C21H34. The van der Waals surface area contributed by atoms with E-state index in [1.807, 2.05) is 0 Å². The van der Waals surface area contributed by atoms with Gasteiger partial charge in [0.05, 0.1) is 0 Å². The molecule has 0 heterocycles. The van der Waals surface area contributed by atoms with Gasteiger partial charge in [-0.15, -0.1) is 0 Å². The summed E-state index contributed by atoms with van der Waals surface area (Å²) >= 11 is 0. The Morgan fingerprint density at radius 1 is 0.714 bits per heavy atom. The summed E-state index contributed by atoms with van der Waals surface area (Å²) in [5.74, 6) is 9.03. The van der Waals surface area contributed by atoms with Crippen LogP contribution in [0.3, 0.4) is 0 Å². The van der Waals surface area contributed by atoms with Gasteiger partial charge in [0.1, 0.15) is 0 Å². The Labute approximate surface area is 131 Å². The molecule has 0 N–H and O–H groups in total. The first kappa shape index (κ1) is 13.4. The molecule has 0 heteroatoms. The Bertz CT molecular complexity index is 426. The smallest absolute Gasteiger partial charge is 0.0292 e. The van der Waals surface area contributed by atoms with Crippen molar-refractivity contribution in [1.29, 1.82) is 0 Å². The predicted octanol–water partition coefficient (Wildman–Crippen LogP) is 5.91. The van der Waals surface area contributed by atoms with Crippen LogP contribution in [0.5, 0.6) is 0 Å². The van der Waals surface area contributed by atoms with Gasteiger partial charge in [-0.25, -0.2) is 0 Å². The Morgan fingerprint density at radius 3 is 2.48 bits per heavy atom. The second-order valence-corrected chi connectivity index (χ2v) is 10.2. The third kappa shape index (κ3) is 1.99. The fourth-order valence-electron chi connectivity index (χ4n) is 7.97. The van der Waals surface area contributed by atoms with Crippen LogP contribution in [0.25, 0.3) is 0 Å². The molecule has 0 aromatic rings. The van der Waals surface area contributed by atoms with Crippen LogP contribution in [0.1, 0.15) is 78.1 Å². The molecule has 0 bridgehead atoms. The summed E-state index contributed by atoms with van der Waals surface area (Å²) in [4.78, 5) is 0. The number of hydrogen-bond donors (Lipinski definition) is 0. The molecule has 5 aliphatic carbocycles. The van der Waals surface area contributed by atoms with Crippen LogP contribution in [-0.4, -0.2) is 0 Å². The monoisotopic (exact) mass is 286 g/mol. The maximum atomic E-state index is 2.69.